The van der Waals surface area contributed by atoms with E-state index in [9.17, 15) is 34.8 Å². The van der Waals surface area contributed by atoms with Crippen molar-refractivity contribution < 1.29 is 72.8 Å². The number of hydrogen-bond donors (Lipinski definition) is 8. The highest BCUT2D eigenvalue weighted by Gasteiger charge is 2.66. The highest BCUT2D eigenvalue weighted by Crippen LogP contribution is 2.60. The molecule has 1 amide bonds. The Hall–Kier alpha value is -4.67. The van der Waals surface area contributed by atoms with Crippen molar-refractivity contribution in [2.75, 3.05) is 0 Å². The van der Waals surface area contributed by atoms with Gasteiger partial charge in [-0.05, 0) is 114 Å². The lowest BCUT2D eigenvalue weighted by Gasteiger charge is -2.53. The number of hydrogen-bond acceptors (Lipinski definition) is 15. The number of rotatable bonds is 10. The number of aliphatic carboxylic acids is 1. The largest absolute Gasteiger partial charge is 0.511 e. The number of ketones is 1. The molecule has 2 bridgehead atoms. The van der Waals surface area contributed by atoms with Crippen LogP contribution in [0.25, 0.3) is 21.9 Å². The number of carbonyl (C=O) groups is 4. The number of aromatic nitrogens is 2. The van der Waals surface area contributed by atoms with Gasteiger partial charge in [0.05, 0.1) is 48.3 Å². The third kappa shape index (κ3) is 9.75. The second-order valence-electron chi connectivity index (χ2n) is 25.3. The number of aliphatic hydroxyl groups excluding tert-OH is 2. The topological polar surface area (TPSA) is 283 Å². The second-order valence-corrected chi connectivity index (χ2v) is 25.7. The number of carboxylic acid groups (broad SMARTS) is 1. The first-order chi connectivity index (χ1) is 37.8. The summed E-state index contributed by atoms with van der Waals surface area (Å²) in [4.78, 5) is 61.9. The van der Waals surface area contributed by atoms with Crippen molar-refractivity contribution in [1.82, 2.24) is 15.3 Å². The summed E-state index contributed by atoms with van der Waals surface area (Å²) >= 11 is 6.26. The van der Waals surface area contributed by atoms with E-state index in [1.54, 1.807) is 52.8 Å². The normalized spacial score (nSPS) is 44.1. The fourth-order valence-corrected chi connectivity index (χ4v) is 15.7. The minimum absolute atomic E-state index is 0.0475. The lowest BCUT2D eigenvalue weighted by Crippen LogP contribution is -2.61. The standard InChI is InChI=1S/C60H79ClN4O15/c1-9-31-24-57(6)25-37(55(70)71)27(2)23-60(57)51(68)48(54(69)65-60)50(67)59(8)32(19-41(31)66)13-15-34-38(59)11-10-12-43(34)78-45-18-17-42(28(3)74-45)77-47-26-58(7,73)52(30(5)76-47)80-46-22-44(49(62)29(4)75-46)79-56(72)40-21-36-35-20-33(61)14-16-39(35)63-53(36)64-40/h13-16,20-21,25,27-32,34,38,41-47,49,52,63-64,66-67,73H,9-12,17-19,22-24,26,62H2,1-8H3,(H,65,69)(H,70,71)/b50-48+/t27?,28-,29+,30+,31?,32?,34?,38?,41?,42-,43?,44+,45+,46-,47-,49-,52+,57?,58-,59?,60?/m1/s1. The van der Waals surface area contributed by atoms with Crippen LogP contribution in [0.15, 0.2) is 59.4 Å². The number of amides is 1. The predicted octanol–water partition coefficient (Wildman–Crippen LogP) is 7.95. The third-order valence-corrected chi connectivity index (χ3v) is 20.3. The van der Waals surface area contributed by atoms with Gasteiger partial charge in [0.2, 0.25) is 0 Å². The van der Waals surface area contributed by atoms with E-state index in [-0.39, 0.29) is 78.6 Å². The highest BCUT2D eigenvalue weighted by molar-refractivity contribution is 6.32. The average molecular weight is 1130 g/mol. The van der Waals surface area contributed by atoms with E-state index in [1.807, 2.05) is 39.0 Å². The molecule has 6 heterocycles. The molecule has 3 aromatic rings. The zero-order valence-corrected chi connectivity index (χ0v) is 47.6. The number of allylic oxidation sites excluding steroid dienone is 2. The first kappa shape index (κ1) is 57.2. The van der Waals surface area contributed by atoms with Gasteiger partial charge in [0.1, 0.15) is 40.4 Å². The maximum Gasteiger partial charge on any atom is 0.355 e. The SMILES string of the molecule is CCC1CC2(C)C=C(C(=O)O)C(C)CC23NC(=O)/C(=C(/O)C2(C)C(C=CC4C(O[C@H]5CC[C@@H](O[C@@H]6C[C@@](C)(O)[C@@H](O[C@@H]7C[C@H](OC(=O)c8cc9c([nH]8)[nH]c8ccc(Cl)cc89)[C@H](N)[C@H](C)O7)[C@H](C)O6)[C@@H](C)O5)CCCC42)CC1O)C3=O. The van der Waals surface area contributed by atoms with E-state index in [0.29, 0.717) is 42.8 Å². The Bertz CT molecular complexity index is 3020. The lowest BCUT2D eigenvalue weighted by atomic mass is 9.53. The van der Waals surface area contributed by atoms with E-state index >= 15 is 4.79 Å². The molecule has 80 heavy (non-hydrogen) atoms. The van der Waals surface area contributed by atoms with Gasteiger partial charge in [-0.15, -0.1) is 0 Å². The van der Waals surface area contributed by atoms with Crippen LogP contribution in [0.4, 0.5) is 0 Å². The lowest BCUT2D eigenvalue weighted by molar-refractivity contribution is -0.339. The van der Waals surface area contributed by atoms with Gasteiger partial charge in [0.15, 0.2) is 24.7 Å². The fourth-order valence-electron chi connectivity index (χ4n) is 15.6. The number of benzene rings is 1. The van der Waals surface area contributed by atoms with Crippen LogP contribution >= 0.6 is 11.6 Å². The number of H-pyrrole nitrogens is 2. The Morgan fingerprint density at radius 1 is 0.838 bits per heavy atom. The summed E-state index contributed by atoms with van der Waals surface area (Å²) in [5, 5.41) is 52.4. The number of aromatic amines is 2. The molecule has 5 fully saturated rings. The van der Waals surface area contributed by atoms with Gasteiger partial charge in [-0.3, -0.25) is 9.59 Å². The number of aliphatic hydroxyl groups is 3. The number of carbonyl (C=O) groups excluding carboxylic acids is 3. The molecule has 1 aromatic carbocycles. The summed E-state index contributed by atoms with van der Waals surface area (Å²) in [6.45, 7) is 14.6. The molecule has 4 saturated heterocycles. The van der Waals surface area contributed by atoms with Gasteiger partial charge in [0.25, 0.3) is 5.91 Å². The van der Waals surface area contributed by atoms with Crippen molar-refractivity contribution >= 4 is 57.2 Å². The van der Waals surface area contributed by atoms with Crippen LogP contribution in [0, 0.1) is 40.4 Å². The first-order valence-electron chi connectivity index (χ1n) is 28.9. The molecule has 21 atom stereocenters. The predicted molar refractivity (Wildman–Crippen MR) is 293 cm³/mol. The van der Waals surface area contributed by atoms with Crippen LogP contribution in [-0.2, 0) is 47.5 Å². The molecule has 9 N–H and O–H groups in total. The van der Waals surface area contributed by atoms with Crippen LogP contribution < -0.4 is 11.1 Å². The smallest absolute Gasteiger partial charge is 0.355 e. The van der Waals surface area contributed by atoms with Gasteiger partial charge >= 0.3 is 11.9 Å². The maximum atomic E-state index is 15.1. The summed E-state index contributed by atoms with van der Waals surface area (Å²) in [7, 11) is 0. The van der Waals surface area contributed by atoms with Gasteiger partial charge in [0, 0.05) is 62.9 Å². The molecule has 4 aliphatic carbocycles. The summed E-state index contributed by atoms with van der Waals surface area (Å²) in [6.07, 6.45) is 3.26. The van der Waals surface area contributed by atoms with Crippen LogP contribution in [0.5, 0.6) is 0 Å². The summed E-state index contributed by atoms with van der Waals surface area (Å²) < 4.78 is 45.0. The van der Waals surface area contributed by atoms with Crippen molar-refractivity contribution in [3.05, 3.63) is 70.1 Å². The van der Waals surface area contributed by atoms with E-state index < -0.39 is 125 Å². The van der Waals surface area contributed by atoms with Crippen molar-refractivity contribution in [3.63, 3.8) is 0 Å². The Balaban J connectivity index is 0.728. The summed E-state index contributed by atoms with van der Waals surface area (Å²) in [5.41, 5.74) is 2.97. The van der Waals surface area contributed by atoms with Gasteiger partial charge in [-0.25, -0.2) is 9.59 Å². The van der Waals surface area contributed by atoms with E-state index in [4.69, 9.17) is 50.5 Å². The molecule has 11 rings (SSSR count). The number of fused-ring (bicyclic) bond motifs is 7. The summed E-state index contributed by atoms with van der Waals surface area (Å²) in [6, 6.07) is 6.58. The molecule has 4 aliphatic heterocycles. The third-order valence-electron chi connectivity index (χ3n) is 20.1. The van der Waals surface area contributed by atoms with Gasteiger partial charge in [-0.2, -0.15) is 0 Å². The van der Waals surface area contributed by atoms with Crippen molar-refractivity contribution in [1.29, 1.82) is 0 Å². The molecule has 2 aromatic heterocycles. The molecule has 1 spiro atoms. The molecule has 20 heteroatoms. The highest BCUT2D eigenvalue weighted by atomic mass is 35.5. The fraction of sp³-hybridized carbons (Fsp3) is 0.667. The van der Waals surface area contributed by atoms with Crippen molar-refractivity contribution in [2.45, 2.75) is 211 Å². The van der Waals surface area contributed by atoms with E-state index in [2.05, 4.69) is 21.4 Å². The quantitative estimate of drug-likeness (QED) is 0.0543. The molecule has 19 nitrogen and oxygen atoms in total. The van der Waals surface area contributed by atoms with E-state index in [1.165, 1.54) is 0 Å². The Morgan fingerprint density at radius 3 is 2.30 bits per heavy atom. The average Bonchev–Trinajstić information content (AvgIpc) is 4.25. The maximum absolute atomic E-state index is 15.1. The minimum atomic E-state index is -1.51. The van der Waals surface area contributed by atoms with Gasteiger partial charge < -0.3 is 74.6 Å². The molecule has 8 aliphatic rings. The number of ether oxygens (including phenoxy) is 7. The van der Waals surface area contributed by atoms with Crippen LogP contribution in [0.2, 0.25) is 5.02 Å². The van der Waals surface area contributed by atoms with Crippen LogP contribution in [-0.4, -0.2) is 139 Å². The number of nitrogens with one attached hydrogen (secondary N) is 3. The monoisotopic (exact) mass is 1130 g/mol. The summed E-state index contributed by atoms with van der Waals surface area (Å²) in [5.74, 6) is -4.98. The van der Waals surface area contributed by atoms with Crippen molar-refractivity contribution in [3.8, 4) is 0 Å². The molecule has 1 saturated carbocycles. The number of carboxylic acids is 1. The Kier molecular flexibility index (Phi) is 15.1. The van der Waals surface area contributed by atoms with Crippen molar-refractivity contribution in [2.24, 2.45) is 46.2 Å². The second kappa shape index (κ2) is 21.2. The molecular weight excluding hydrogens is 1050 g/mol. The molecular formula is C60H79ClN4O15. The number of Topliss-reactive ketones (excluding diaryl/α,β-unsaturated/α-hetero) is 1. The van der Waals surface area contributed by atoms with Crippen LogP contribution in [0.1, 0.15) is 137 Å². The number of halogens is 1. The number of nitrogens with two attached hydrogens (primary N) is 1. The Labute approximate surface area is 470 Å². The van der Waals surface area contributed by atoms with E-state index in [0.717, 1.165) is 22.7 Å². The zero-order valence-electron chi connectivity index (χ0n) is 46.9. The van der Waals surface area contributed by atoms with Crippen LogP contribution in [0.3, 0.4) is 0 Å². The minimum Gasteiger partial charge on any atom is -0.511 e. The van der Waals surface area contributed by atoms with Gasteiger partial charge in [-0.1, -0.05) is 70.4 Å². The molecule has 10 unspecified atom stereocenters. The number of esters is 1. The first-order valence-corrected chi connectivity index (χ1v) is 29.3. The molecule has 436 valence electrons. The Morgan fingerprint density at radius 2 is 1.57 bits per heavy atom. The molecule has 0 radical (unpaired) electrons. The zero-order chi connectivity index (χ0) is 57.1.